The van der Waals surface area contributed by atoms with Crippen LogP contribution < -0.4 is 0 Å². The highest BCUT2D eigenvalue weighted by atomic mass is 16.7. The zero-order valence-electron chi connectivity index (χ0n) is 45.5. The van der Waals surface area contributed by atoms with Crippen LogP contribution in [0.3, 0.4) is 0 Å². The van der Waals surface area contributed by atoms with E-state index in [4.69, 9.17) is 23.7 Å². The lowest BCUT2D eigenvalue weighted by molar-refractivity contribution is -0.301. The van der Waals surface area contributed by atoms with Gasteiger partial charge in [0.2, 0.25) is 0 Å². The molecule has 3 N–H and O–H groups in total. The predicted molar refractivity (Wildman–Crippen MR) is 285 cm³/mol. The molecule has 1 fully saturated rings. The van der Waals surface area contributed by atoms with Gasteiger partial charge in [0.25, 0.3) is 0 Å². The average Bonchev–Trinajstić information content (AvgIpc) is 3.35. The van der Waals surface area contributed by atoms with Crippen molar-refractivity contribution < 1.29 is 58.2 Å². The van der Waals surface area contributed by atoms with E-state index >= 15 is 0 Å². The zero-order valence-corrected chi connectivity index (χ0v) is 45.5. The van der Waals surface area contributed by atoms with Gasteiger partial charge >= 0.3 is 23.9 Å². The van der Waals surface area contributed by atoms with Crippen LogP contribution in [0.5, 0.6) is 0 Å². The lowest BCUT2D eigenvalue weighted by Crippen LogP contribution is -2.61. The first-order valence-electron chi connectivity index (χ1n) is 29.3. The smallest absolute Gasteiger partial charge is 0.335 e. The van der Waals surface area contributed by atoms with Crippen molar-refractivity contribution in [1.82, 2.24) is 0 Å². The van der Waals surface area contributed by atoms with E-state index in [1.807, 2.05) is 0 Å². The molecule has 0 aromatic heterocycles. The van der Waals surface area contributed by atoms with Crippen molar-refractivity contribution >= 4 is 23.9 Å². The minimum absolute atomic E-state index is 0.0538. The van der Waals surface area contributed by atoms with E-state index in [1.54, 1.807) is 0 Å². The van der Waals surface area contributed by atoms with E-state index in [9.17, 15) is 34.5 Å². The van der Waals surface area contributed by atoms with Crippen molar-refractivity contribution in [1.29, 1.82) is 0 Å². The number of aliphatic hydroxyl groups excluding tert-OH is 2. The Labute approximate surface area is 432 Å². The minimum Gasteiger partial charge on any atom is -0.479 e. The van der Waals surface area contributed by atoms with Gasteiger partial charge in [-0.25, -0.2) is 4.79 Å². The van der Waals surface area contributed by atoms with Crippen LogP contribution in [0.4, 0.5) is 0 Å². The highest BCUT2D eigenvalue weighted by molar-refractivity contribution is 5.74. The van der Waals surface area contributed by atoms with E-state index in [2.05, 4.69) is 45.1 Å². The Balaban J connectivity index is 2.68. The van der Waals surface area contributed by atoms with E-state index < -0.39 is 67.3 Å². The zero-order chi connectivity index (χ0) is 51.8. The summed E-state index contributed by atoms with van der Waals surface area (Å²) in [6, 6.07) is 0. The Morgan fingerprint density at radius 3 is 1.24 bits per heavy atom. The highest BCUT2D eigenvalue weighted by Crippen LogP contribution is 2.26. The van der Waals surface area contributed by atoms with E-state index in [0.717, 1.165) is 96.3 Å². The number of allylic oxidation sites excluding steroid dienone is 4. The number of carbonyl (C=O) groups is 4. The summed E-state index contributed by atoms with van der Waals surface area (Å²) in [7, 11) is 0. The maximum Gasteiger partial charge on any atom is 0.335 e. The molecule has 6 atom stereocenters. The quantitative estimate of drug-likeness (QED) is 0.0228. The first-order chi connectivity index (χ1) is 34.6. The van der Waals surface area contributed by atoms with Crippen LogP contribution >= 0.6 is 0 Å². The number of aliphatic hydroxyl groups is 2. The Morgan fingerprint density at radius 2 is 0.817 bits per heavy atom. The summed E-state index contributed by atoms with van der Waals surface area (Å²) in [4.78, 5) is 51.0. The summed E-state index contributed by atoms with van der Waals surface area (Å²) < 4.78 is 28.4. The number of carboxylic acid groups (broad SMARTS) is 1. The van der Waals surface area contributed by atoms with E-state index in [-0.39, 0.29) is 25.9 Å². The first kappa shape index (κ1) is 66.2. The van der Waals surface area contributed by atoms with Crippen LogP contribution in [0.2, 0.25) is 0 Å². The summed E-state index contributed by atoms with van der Waals surface area (Å²) in [5, 5.41) is 31.4. The molecule has 1 aliphatic heterocycles. The number of hydrogen-bond acceptors (Lipinski definition) is 11. The summed E-state index contributed by atoms with van der Waals surface area (Å²) in [5.41, 5.74) is 0. The summed E-state index contributed by atoms with van der Waals surface area (Å²) >= 11 is 0. The number of carbonyl (C=O) groups excluding carboxylic acids is 3. The third kappa shape index (κ3) is 38.4. The van der Waals surface area contributed by atoms with Gasteiger partial charge in [0.15, 0.2) is 24.6 Å². The van der Waals surface area contributed by atoms with Gasteiger partial charge in [-0.1, -0.05) is 218 Å². The number of hydrogen-bond donors (Lipinski definition) is 3. The van der Waals surface area contributed by atoms with Crippen molar-refractivity contribution in [2.24, 2.45) is 0 Å². The molecule has 6 unspecified atom stereocenters. The van der Waals surface area contributed by atoms with Gasteiger partial charge in [-0.3, -0.25) is 14.4 Å². The number of carboxylic acids is 1. The fourth-order valence-electron chi connectivity index (χ4n) is 8.93. The Morgan fingerprint density at radius 1 is 0.451 bits per heavy atom. The molecule has 71 heavy (non-hydrogen) atoms. The second-order valence-electron chi connectivity index (χ2n) is 20.3. The molecule has 1 aliphatic rings. The molecule has 12 nitrogen and oxygen atoms in total. The molecule has 0 radical (unpaired) electrons. The standard InChI is InChI=1S/C59H106O12/c1-4-7-10-13-16-19-22-24-26-28-31-33-36-39-42-45-51(60)67-48-50(69-52(61)46-43-40-37-34-30-21-18-15-12-9-6-3)49-68-59-57(55(64)54(63)56(71-59)58(65)66)70-53(62)47-44-41-38-35-32-29-27-25-23-20-17-14-11-8-5-2/h15,18,25,27,50,54-57,59,63-64H,4-14,16-17,19-24,26,28-49H2,1-3H3,(H,65,66)/b18-15-,27-25-. The molecule has 414 valence electrons. The Kier molecular flexibility index (Phi) is 44.9. The van der Waals surface area contributed by atoms with Gasteiger partial charge in [-0.2, -0.15) is 0 Å². The molecular weight excluding hydrogens is 901 g/mol. The highest BCUT2D eigenvalue weighted by Gasteiger charge is 2.50. The molecule has 0 aromatic rings. The van der Waals surface area contributed by atoms with Crippen molar-refractivity contribution in [3.05, 3.63) is 24.3 Å². The molecular formula is C59H106O12. The molecule has 0 bridgehead atoms. The SMILES string of the molecule is CCCC/C=C\CCCCCCCC(=O)OC(COC(=O)CCCCCCCCCCCCCCCCC)COC1OC(C(=O)O)C(O)C(O)C1OC(=O)CCCCCCC/C=C\CCCCCCCC. The fourth-order valence-corrected chi connectivity index (χ4v) is 8.93. The average molecular weight is 1010 g/mol. The molecule has 1 heterocycles. The number of esters is 3. The summed E-state index contributed by atoms with van der Waals surface area (Å²) in [5.74, 6) is -3.12. The van der Waals surface area contributed by atoms with Gasteiger partial charge in [0, 0.05) is 19.3 Å². The van der Waals surface area contributed by atoms with Gasteiger partial charge in [0.05, 0.1) is 6.61 Å². The van der Waals surface area contributed by atoms with Crippen LogP contribution in [0.15, 0.2) is 24.3 Å². The van der Waals surface area contributed by atoms with Gasteiger partial charge in [0.1, 0.15) is 18.8 Å². The maximum absolute atomic E-state index is 13.1. The predicted octanol–water partition coefficient (Wildman–Crippen LogP) is 14.7. The topological polar surface area (TPSA) is 175 Å². The van der Waals surface area contributed by atoms with Crippen LogP contribution in [0.25, 0.3) is 0 Å². The van der Waals surface area contributed by atoms with Gasteiger partial charge in [-0.05, 0) is 64.2 Å². The molecule has 0 aromatic carbocycles. The maximum atomic E-state index is 13.1. The second kappa shape index (κ2) is 48.2. The van der Waals surface area contributed by atoms with Crippen LogP contribution in [0, 0.1) is 0 Å². The summed E-state index contributed by atoms with van der Waals surface area (Å²) in [6.07, 6.45) is 41.5. The van der Waals surface area contributed by atoms with E-state index in [0.29, 0.717) is 19.3 Å². The molecule has 0 saturated carbocycles. The van der Waals surface area contributed by atoms with Gasteiger partial charge < -0.3 is 39.0 Å². The normalized spacial score (nSPS) is 18.6. The molecule has 0 aliphatic carbocycles. The third-order valence-electron chi connectivity index (χ3n) is 13.5. The first-order valence-corrected chi connectivity index (χ1v) is 29.3. The van der Waals surface area contributed by atoms with Crippen LogP contribution in [0.1, 0.15) is 278 Å². The fraction of sp³-hybridized carbons (Fsp3) is 0.864. The third-order valence-corrected chi connectivity index (χ3v) is 13.5. The number of aliphatic carboxylic acids is 1. The van der Waals surface area contributed by atoms with Crippen LogP contribution in [-0.2, 0) is 42.9 Å². The molecule has 12 heteroatoms. The van der Waals surface area contributed by atoms with E-state index in [1.165, 1.54) is 122 Å². The van der Waals surface area contributed by atoms with Crippen molar-refractivity contribution in [2.75, 3.05) is 13.2 Å². The molecule has 1 saturated heterocycles. The van der Waals surface area contributed by atoms with Gasteiger partial charge in [-0.15, -0.1) is 0 Å². The monoisotopic (exact) mass is 1010 g/mol. The number of unbranched alkanes of at least 4 members (excludes halogenated alkanes) is 32. The number of rotatable bonds is 50. The minimum atomic E-state index is -1.90. The molecule has 1 rings (SSSR count). The lowest BCUT2D eigenvalue weighted by Gasteiger charge is -2.40. The Bertz CT molecular complexity index is 1340. The van der Waals surface area contributed by atoms with Crippen molar-refractivity contribution in [3.8, 4) is 0 Å². The number of ether oxygens (including phenoxy) is 5. The summed E-state index contributed by atoms with van der Waals surface area (Å²) in [6.45, 7) is 5.95. The second-order valence-corrected chi connectivity index (χ2v) is 20.3. The molecule has 0 amide bonds. The lowest BCUT2D eigenvalue weighted by atomic mass is 9.98. The van der Waals surface area contributed by atoms with Crippen molar-refractivity contribution in [2.45, 2.75) is 314 Å². The van der Waals surface area contributed by atoms with Crippen molar-refractivity contribution in [3.63, 3.8) is 0 Å². The van der Waals surface area contributed by atoms with Crippen LogP contribution in [-0.4, -0.2) is 89.2 Å². The largest absolute Gasteiger partial charge is 0.479 e. The molecule has 0 spiro atoms. The Hall–Kier alpha value is -2.80.